The van der Waals surface area contributed by atoms with Crippen LogP contribution in [-0.2, 0) is 27.1 Å². The van der Waals surface area contributed by atoms with Crippen molar-refractivity contribution in [2.24, 2.45) is 7.05 Å². The maximum Gasteiger partial charge on any atom is 0.480 e. The summed E-state index contributed by atoms with van der Waals surface area (Å²) in [6.45, 7) is 0. The quantitative estimate of drug-likeness (QED) is 0.528. The molecule has 0 aliphatic carbocycles. The normalized spacial score (nSPS) is 12.8. The van der Waals surface area contributed by atoms with E-state index in [1.54, 1.807) is 0 Å². The van der Waals surface area contributed by atoms with Crippen LogP contribution in [0.2, 0.25) is 0 Å². The third-order valence-corrected chi connectivity index (χ3v) is 5.51. The second-order valence-electron chi connectivity index (χ2n) is 4.90. The van der Waals surface area contributed by atoms with E-state index in [9.17, 15) is 43.2 Å². The summed E-state index contributed by atoms with van der Waals surface area (Å²) in [6.07, 6.45) is 7.69. The Morgan fingerprint density at radius 3 is 1.50 bits per heavy atom. The number of rotatable bonds is 3. The topological polar surface area (TPSA) is 99.2 Å². The Hall–Kier alpha value is -2.26. The molecule has 0 N–H and O–H groups in total. The van der Waals surface area contributed by atoms with Crippen molar-refractivity contribution in [3.05, 3.63) is 53.2 Å². The average Bonchev–Trinajstić information content (AvgIpc) is 2.54. The first-order chi connectivity index (χ1) is 12.6. The molecule has 2 aromatic rings. The summed E-state index contributed by atoms with van der Waals surface area (Å²) in [6, 6.07) is 8.20. The lowest BCUT2D eigenvalue weighted by Gasteiger charge is -2.22. The predicted molar refractivity (Wildman–Crippen MR) is 84.2 cm³/mol. The Morgan fingerprint density at radius 1 is 0.786 bits per heavy atom. The molecule has 0 bridgehead atoms. The fourth-order valence-corrected chi connectivity index (χ4v) is 3.16. The Kier molecular flexibility index (Phi) is 7.13. The van der Waals surface area contributed by atoms with E-state index in [1.807, 2.05) is 48.5 Å². The molecule has 0 aromatic carbocycles. The third kappa shape index (κ3) is 6.42. The van der Waals surface area contributed by atoms with Gasteiger partial charge in [0.1, 0.15) is 7.05 Å². The highest BCUT2D eigenvalue weighted by molar-refractivity contribution is 8.13. The standard InChI is InChI=1S/C11H11N2.C2F6NO4S2/c1-13-8-4-11(5-9-13)10-2-6-12-7-3-10;3-1(4,5)14(10,11)9-15(12,13)2(6,7)8/h2-9H,1H3;/q+1;-1. The highest BCUT2D eigenvalue weighted by Gasteiger charge is 2.46. The van der Waals surface area contributed by atoms with Gasteiger partial charge in [-0.05, 0) is 23.3 Å². The van der Waals surface area contributed by atoms with Crippen LogP contribution in [0.4, 0.5) is 26.3 Å². The summed E-state index contributed by atoms with van der Waals surface area (Å²) >= 11 is 0. The first kappa shape index (κ1) is 23.8. The van der Waals surface area contributed by atoms with Crippen molar-refractivity contribution in [3.63, 3.8) is 0 Å². The fraction of sp³-hybridized carbons (Fsp3) is 0.231. The number of hydrogen-bond donors (Lipinski definition) is 0. The maximum atomic E-state index is 11.4. The number of halogens is 6. The first-order valence-electron chi connectivity index (χ1n) is 6.79. The Morgan fingerprint density at radius 2 is 1.14 bits per heavy atom. The number of hydrogen-bond acceptors (Lipinski definition) is 5. The van der Waals surface area contributed by atoms with Gasteiger partial charge in [-0.1, -0.05) is 0 Å². The average molecular weight is 451 g/mol. The summed E-state index contributed by atoms with van der Waals surface area (Å²) in [5.41, 5.74) is -9.98. The molecule has 0 radical (unpaired) electrons. The van der Waals surface area contributed by atoms with Crippen LogP contribution >= 0.6 is 0 Å². The largest absolute Gasteiger partial charge is 0.480 e. The lowest BCUT2D eigenvalue weighted by Crippen LogP contribution is -2.30. The zero-order valence-corrected chi connectivity index (χ0v) is 15.3. The first-order valence-corrected chi connectivity index (χ1v) is 9.67. The van der Waals surface area contributed by atoms with E-state index in [0.717, 1.165) is 4.13 Å². The van der Waals surface area contributed by atoms with Gasteiger partial charge < -0.3 is 4.13 Å². The number of pyridine rings is 2. The molecule has 0 aliphatic rings. The van der Waals surface area contributed by atoms with Gasteiger partial charge in [-0.25, -0.2) is 21.4 Å². The van der Waals surface area contributed by atoms with Crippen LogP contribution in [0.3, 0.4) is 0 Å². The third-order valence-electron chi connectivity index (χ3n) is 2.77. The van der Waals surface area contributed by atoms with Crippen LogP contribution in [0, 0.1) is 0 Å². The maximum absolute atomic E-state index is 11.4. The molecule has 0 fully saturated rings. The monoisotopic (exact) mass is 451 g/mol. The minimum atomic E-state index is -6.72. The molecule has 0 spiro atoms. The Bertz CT molecular complexity index is 947. The van der Waals surface area contributed by atoms with Gasteiger partial charge >= 0.3 is 11.0 Å². The molecule has 2 rings (SSSR count). The molecule has 156 valence electrons. The van der Waals surface area contributed by atoms with Gasteiger partial charge in [-0.2, -0.15) is 26.3 Å². The molecular formula is C13H11F6N3O4S2. The molecule has 0 aliphatic heterocycles. The van der Waals surface area contributed by atoms with Crippen LogP contribution in [-0.4, -0.2) is 32.8 Å². The number of nitrogens with zero attached hydrogens (tertiary/aromatic N) is 3. The van der Waals surface area contributed by atoms with Crippen LogP contribution in [0.5, 0.6) is 0 Å². The summed E-state index contributed by atoms with van der Waals surface area (Å²) in [5, 5.41) is 0. The Balaban J connectivity index is 0.000000281. The van der Waals surface area contributed by atoms with Crippen molar-refractivity contribution in [1.29, 1.82) is 0 Å². The van der Waals surface area contributed by atoms with E-state index in [0.29, 0.717) is 0 Å². The number of aromatic nitrogens is 2. The van der Waals surface area contributed by atoms with E-state index in [4.69, 9.17) is 0 Å². The number of aryl methyl sites for hydroxylation is 1. The zero-order valence-electron chi connectivity index (χ0n) is 13.7. The second kappa shape index (κ2) is 8.40. The summed E-state index contributed by atoms with van der Waals surface area (Å²) in [4.78, 5) is 3.98. The van der Waals surface area contributed by atoms with E-state index in [1.165, 1.54) is 11.1 Å². The van der Waals surface area contributed by atoms with Gasteiger partial charge in [0.15, 0.2) is 32.4 Å². The minimum absolute atomic E-state index is 0.778. The van der Waals surface area contributed by atoms with Gasteiger partial charge in [0.25, 0.3) is 0 Å². The molecule has 0 atom stereocenters. The molecule has 0 saturated carbocycles. The summed E-state index contributed by atoms with van der Waals surface area (Å²) < 4.78 is 111. The van der Waals surface area contributed by atoms with Crippen molar-refractivity contribution >= 4 is 20.0 Å². The van der Waals surface area contributed by atoms with Crippen molar-refractivity contribution in [2.45, 2.75) is 11.0 Å². The van der Waals surface area contributed by atoms with Crippen molar-refractivity contribution < 1.29 is 47.7 Å². The molecule has 0 amide bonds. The van der Waals surface area contributed by atoms with E-state index < -0.39 is 31.1 Å². The molecule has 28 heavy (non-hydrogen) atoms. The predicted octanol–water partition coefficient (Wildman–Crippen LogP) is 2.63. The van der Waals surface area contributed by atoms with Crippen molar-refractivity contribution in [3.8, 4) is 11.1 Å². The highest BCUT2D eigenvalue weighted by atomic mass is 32.3. The lowest BCUT2D eigenvalue weighted by atomic mass is 10.1. The SMILES string of the molecule is C[n+]1ccc(-c2ccncc2)cc1.O=S(=O)([N-]S(=O)(=O)C(F)(F)F)C(F)(F)F. The van der Waals surface area contributed by atoms with Crippen LogP contribution < -0.4 is 4.57 Å². The van der Waals surface area contributed by atoms with Crippen molar-refractivity contribution in [2.75, 3.05) is 0 Å². The molecular weight excluding hydrogens is 440 g/mol. The summed E-state index contributed by atoms with van der Waals surface area (Å²) in [5.74, 6) is 0. The minimum Gasteiger partial charge on any atom is -0.421 e. The highest BCUT2D eigenvalue weighted by Crippen LogP contribution is 2.36. The molecule has 2 heterocycles. The van der Waals surface area contributed by atoms with Gasteiger partial charge in [0, 0.05) is 24.5 Å². The molecule has 0 saturated heterocycles. The number of alkyl halides is 6. The van der Waals surface area contributed by atoms with Gasteiger partial charge in [-0.3, -0.25) is 4.98 Å². The van der Waals surface area contributed by atoms with E-state index in [-0.39, 0.29) is 0 Å². The van der Waals surface area contributed by atoms with Crippen LogP contribution in [0.15, 0.2) is 49.1 Å². The van der Waals surface area contributed by atoms with E-state index in [2.05, 4.69) is 17.1 Å². The van der Waals surface area contributed by atoms with Crippen LogP contribution in [0.1, 0.15) is 0 Å². The molecule has 7 nitrogen and oxygen atoms in total. The van der Waals surface area contributed by atoms with Crippen LogP contribution in [0.25, 0.3) is 15.3 Å². The number of sulfonamides is 2. The molecule has 15 heteroatoms. The second-order valence-corrected chi connectivity index (χ2v) is 8.33. The zero-order chi connectivity index (χ0) is 21.8. The van der Waals surface area contributed by atoms with Gasteiger partial charge in [0.2, 0.25) is 0 Å². The summed E-state index contributed by atoms with van der Waals surface area (Å²) in [7, 11) is -11.4. The van der Waals surface area contributed by atoms with E-state index >= 15 is 0 Å². The van der Waals surface area contributed by atoms with Gasteiger partial charge in [-0.15, -0.1) is 0 Å². The van der Waals surface area contributed by atoms with Gasteiger partial charge in [0.05, 0.1) is 0 Å². The Labute approximate surface area is 155 Å². The molecule has 2 aromatic heterocycles. The lowest BCUT2D eigenvalue weighted by molar-refractivity contribution is -0.671. The smallest absolute Gasteiger partial charge is 0.421 e. The molecule has 0 unspecified atom stereocenters. The fourth-order valence-electron chi connectivity index (χ4n) is 1.45. The van der Waals surface area contributed by atoms with Crippen molar-refractivity contribution in [1.82, 2.24) is 4.98 Å².